The Bertz CT molecular complexity index is 701. The number of alkyl halides is 3. The molecule has 3 rings (SSSR count). The molecule has 0 unspecified atom stereocenters. The molecule has 0 spiro atoms. The van der Waals surface area contributed by atoms with Crippen LogP contribution in [0.15, 0.2) is 30.5 Å². The third kappa shape index (κ3) is 2.63. The highest BCUT2D eigenvalue weighted by atomic mass is 19.4. The zero-order valence-electron chi connectivity index (χ0n) is 10.8. The lowest BCUT2D eigenvalue weighted by atomic mass is 10.1. The summed E-state index contributed by atoms with van der Waals surface area (Å²) in [6, 6.07) is 2.55. The van der Waals surface area contributed by atoms with E-state index in [2.05, 4.69) is 10.3 Å². The molecule has 110 valence electrons. The first-order valence-corrected chi connectivity index (χ1v) is 6.31. The van der Waals surface area contributed by atoms with E-state index in [0.717, 1.165) is 18.6 Å². The van der Waals surface area contributed by atoms with Crippen molar-refractivity contribution in [1.29, 1.82) is 0 Å². The zero-order chi connectivity index (χ0) is 15.0. The summed E-state index contributed by atoms with van der Waals surface area (Å²) < 4.78 is 53.7. The number of hydrogen-bond acceptors (Lipinski definition) is 2. The van der Waals surface area contributed by atoms with Gasteiger partial charge in [0.25, 0.3) is 0 Å². The highest BCUT2D eigenvalue weighted by molar-refractivity contribution is 5.63. The van der Waals surface area contributed by atoms with Crippen LogP contribution in [0.2, 0.25) is 0 Å². The topological polar surface area (TPSA) is 29.9 Å². The van der Waals surface area contributed by atoms with Gasteiger partial charge in [-0.3, -0.25) is 0 Å². The van der Waals surface area contributed by atoms with Crippen LogP contribution in [0.3, 0.4) is 0 Å². The lowest BCUT2D eigenvalue weighted by molar-refractivity contribution is -0.137. The predicted octanol–water partition coefficient (Wildman–Crippen LogP) is 4.20. The second-order valence-corrected chi connectivity index (χ2v) is 4.66. The Morgan fingerprint density at radius 2 is 2.05 bits per heavy atom. The SMILES string of the molecule is Fc1ccc(Nc2cnc3n2CCC=C3)c(C(F)(F)F)c1. The average Bonchev–Trinajstić information content (AvgIpc) is 2.83. The van der Waals surface area contributed by atoms with Crippen LogP contribution in [0.1, 0.15) is 17.8 Å². The van der Waals surface area contributed by atoms with Crippen molar-refractivity contribution in [3.05, 3.63) is 47.7 Å². The molecule has 21 heavy (non-hydrogen) atoms. The number of anilines is 2. The van der Waals surface area contributed by atoms with Gasteiger partial charge in [0.1, 0.15) is 17.5 Å². The number of nitrogens with zero attached hydrogens (tertiary/aromatic N) is 2. The van der Waals surface area contributed by atoms with Gasteiger partial charge in [0.05, 0.1) is 17.4 Å². The lowest BCUT2D eigenvalue weighted by Gasteiger charge is -2.17. The van der Waals surface area contributed by atoms with E-state index >= 15 is 0 Å². The Morgan fingerprint density at radius 1 is 1.24 bits per heavy atom. The molecule has 0 atom stereocenters. The first-order valence-electron chi connectivity index (χ1n) is 6.31. The van der Waals surface area contributed by atoms with Crippen LogP contribution in [0.5, 0.6) is 0 Å². The van der Waals surface area contributed by atoms with Crippen LogP contribution in [0, 0.1) is 5.82 Å². The van der Waals surface area contributed by atoms with Crippen LogP contribution in [-0.4, -0.2) is 9.55 Å². The minimum atomic E-state index is -4.63. The molecule has 1 aromatic carbocycles. The number of hydrogen-bond donors (Lipinski definition) is 1. The van der Waals surface area contributed by atoms with Crippen LogP contribution in [-0.2, 0) is 12.7 Å². The molecule has 0 saturated heterocycles. The van der Waals surface area contributed by atoms with E-state index in [1.807, 2.05) is 12.2 Å². The fourth-order valence-electron chi connectivity index (χ4n) is 2.25. The van der Waals surface area contributed by atoms with Gasteiger partial charge >= 0.3 is 6.18 Å². The van der Waals surface area contributed by atoms with E-state index in [1.165, 1.54) is 6.20 Å². The van der Waals surface area contributed by atoms with Crippen molar-refractivity contribution in [2.24, 2.45) is 0 Å². The maximum atomic E-state index is 13.1. The molecule has 2 heterocycles. The van der Waals surface area contributed by atoms with Gasteiger partial charge in [-0.05, 0) is 30.7 Å². The van der Waals surface area contributed by atoms with Gasteiger partial charge in [0.2, 0.25) is 0 Å². The van der Waals surface area contributed by atoms with Crippen molar-refractivity contribution in [2.45, 2.75) is 19.1 Å². The Hall–Kier alpha value is -2.31. The van der Waals surface area contributed by atoms with Crippen molar-refractivity contribution in [3.63, 3.8) is 0 Å². The van der Waals surface area contributed by atoms with Gasteiger partial charge in [-0.25, -0.2) is 9.37 Å². The van der Waals surface area contributed by atoms with Crippen molar-refractivity contribution in [1.82, 2.24) is 9.55 Å². The standard InChI is InChI=1S/C14H11F4N3/c15-9-4-5-11(10(7-9)14(16,17)18)20-13-8-19-12-3-1-2-6-21(12)13/h1,3-5,7-8,20H,2,6H2. The smallest absolute Gasteiger partial charge is 0.340 e. The largest absolute Gasteiger partial charge is 0.418 e. The molecule has 1 N–H and O–H groups in total. The number of halogens is 4. The molecule has 1 aromatic heterocycles. The number of nitrogens with one attached hydrogen (secondary N) is 1. The summed E-state index contributed by atoms with van der Waals surface area (Å²) in [4.78, 5) is 4.12. The minimum Gasteiger partial charge on any atom is -0.340 e. The van der Waals surface area contributed by atoms with Crippen LogP contribution >= 0.6 is 0 Å². The normalized spacial score (nSPS) is 14.1. The maximum Gasteiger partial charge on any atom is 0.418 e. The summed E-state index contributed by atoms with van der Waals surface area (Å²) >= 11 is 0. The molecule has 7 heteroatoms. The van der Waals surface area contributed by atoms with Gasteiger partial charge in [-0.15, -0.1) is 0 Å². The Kier molecular flexibility index (Phi) is 3.19. The Morgan fingerprint density at radius 3 is 2.81 bits per heavy atom. The highest BCUT2D eigenvalue weighted by Crippen LogP contribution is 2.36. The third-order valence-electron chi connectivity index (χ3n) is 3.22. The molecule has 0 radical (unpaired) electrons. The fraction of sp³-hybridized carbons (Fsp3) is 0.214. The van der Waals surface area contributed by atoms with E-state index in [9.17, 15) is 17.6 Å². The van der Waals surface area contributed by atoms with E-state index < -0.39 is 17.6 Å². The molecular formula is C14H11F4N3. The van der Waals surface area contributed by atoms with Crippen LogP contribution < -0.4 is 5.32 Å². The Labute approximate surface area is 117 Å². The minimum absolute atomic E-state index is 0.193. The molecule has 2 aromatic rings. The molecule has 3 nitrogen and oxygen atoms in total. The maximum absolute atomic E-state index is 13.1. The number of rotatable bonds is 2. The molecular weight excluding hydrogens is 286 g/mol. The van der Waals surface area contributed by atoms with Crippen LogP contribution in [0.25, 0.3) is 6.08 Å². The van der Waals surface area contributed by atoms with E-state index in [1.54, 1.807) is 4.57 Å². The fourth-order valence-corrected chi connectivity index (χ4v) is 2.25. The number of aromatic nitrogens is 2. The third-order valence-corrected chi connectivity index (χ3v) is 3.22. The van der Waals surface area contributed by atoms with E-state index in [4.69, 9.17) is 0 Å². The summed E-state index contributed by atoms with van der Waals surface area (Å²) in [5, 5.41) is 2.69. The van der Waals surface area contributed by atoms with Crippen molar-refractivity contribution in [2.75, 3.05) is 5.32 Å². The van der Waals surface area contributed by atoms with Crippen molar-refractivity contribution >= 4 is 17.6 Å². The first-order chi connectivity index (χ1) is 9.95. The van der Waals surface area contributed by atoms with Gasteiger partial charge in [-0.1, -0.05) is 6.08 Å². The van der Waals surface area contributed by atoms with E-state index in [-0.39, 0.29) is 5.69 Å². The monoisotopic (exact) mass is 297 g/mol. The first kappa shape index (κ1) is 13.7. The number of allylic oxidation sites excluding steroid dienone is 1. The molecule has 1 aliphatic heterocycles. The number of benzene rings is 1. The molecule has 0 fully saturated rings. The van der Waals surface area contributed by atoms with Gasteiger partial charge < -0.3 is 9.88 Å². The molecule has 1 aliphatic rings. The van der Waals surface area contributed by atoms with Gasteiger partial charge in [0.15, 0.2) is 0 Å². The van der Waals surface area contributed by atoms with E-state index in [0.29, 0.717) is 24.3 Å². The summed E-state index contributed by atoms with van der Waals surface area (Å²) in [5.41, 5.74) is -1.23. The second kappa shape index (κ2) is 4.91. The van der Waals surface area contributed by atoms with Gasteiger partial charge in [0, 0.05) is 6.54 Å². The second-order valence-electron chi connectivity index (χ2n) is 4.66. The summed E-state index contributed by atoms with van der Waals surface area (Å²) in [6.45, 7) is 0.636. The quantitative estimate of drug-likeness (QED) is 0.842. The van der Waals surface area contributed by atoms with Crippen molar-refractivity contribution in [3.8, 4) is 0 Å². The highest BCUT2D eigenvalue weighted by Gasteiger charge is 2.34. The number of imidazole rings is 1. The molecule has 0 bridgehead atoms. The summed E-state index contributed by atoms with van der Waals surface area (Å²) in [7, 11) is 0. The Balaban J connectivity index is 1.99. The zero-order valence-corrected chi connectivity index (χ0v) is 10.8. The summed E-state index contributed by atoms with van der Waals surface area (Å²) in [5.74, 6) is 0.206. The number of fused-ring (bicyclic) bond motifs is 1. The molecule has 0 aliphatic carbocycles. The summed E-state index contributed by atoms with van der Waals surface area (Å²) in [6.07, 6.45) is 1.38. The van der Waals surface area contributed by atoms with Gasteiger partial charge in [-0.2, -0.15) is 13.2 Å². The molecule has 0 saturated carbocycles. The average molecular weight is 297 g/mol. The van der Waals surface area contributed by atoms with Crippen molar-refractivity contribution < 1.29 is 17.6 Å². The lowest BCUT2D eigenvalue weighted by Crippen LogP contribution is -2.12. The van der Waals surface area contributed by atoms with Crippen LogP contribution in [0.4, 0.5) is 29.1 Å². The molecule has 0 amide bonds. The predicted molar refractivity (Wildman–Crippen MR) is 70.6 cm³/mol.